The maximum Gasteiger partial charge on any atom is 0.416 e. The van der Waals surface area contributed by atoms with Gasteiger partial charge in [0.1, 0.15) is 11.9 Å². The number of alkyl halides is 6. The van der Waals surface area contributed by atoms with Crippen molar-refractivity contribution in [2.24, 2.45) is 5.92 Å². The molecule has 0 aromatic heterocycles. The molecule has 1 aliphatic carbocycles. The quantitative estimate of drug-likeness (QED) is 0.473. The molecular formula is C26H26F7NO3. The normalized spacial score (nSPS) is 27.7. The predicted octanol–water partition coefficient (Wildman–Crippen LogP) is 6.09. The molecule has 1 saturated heterocycles. The summed E-state index contributed by atoms with van der Waals surface area (Å²) in [5.41, 5.74) is -2.45. The van der Waals surface area contributed by atoms with E-state index in [1.165, 1.54) is 24.0 Å². The molecule has 4 rings (SSSR count). The van der Waals surface area contributed by atoms with Crippen LogP contribution >= 0.6 is 0 Å². The lowest BCUT2D eigenvalue weighted by atomic mass is 9.82. The van der Waals surface area contributed by atoms with Crippen LogP contribution < -0.4 is 0 Å². The predicted molar refractivity (Wildman–Crippen MR) is 119 cm³/mol. The number of halogens is 7. The average Bonchev–Trinajstić information content (AvgIpc) is 3.34. The molecule has 2 aliphatic rings. The van der Waals surface area contributed by atoms with Gasteiger partial charge in [0, 0.05) is 25.4 Å². The first-order valence-electron chi connectivity index (χ1n) is 11.8. The van der Waals surface area contributed by atoms with E-state index in [4.69, 9.17) is 4.74 Å². The molecule has 1 N–H and O–H groups in total. The number of nitrogens with zero attached hydrogens (tertiary/aromatic N) is 1. The maximum atomic E-state index is 13.6. The molecule has 1 heterocycles. The monoisotopic (exact) mass is 533 g/mol. The van der Waals surface area contributed by atoms with Crippen molar-refractivity contribution in [2.45, 2.75) is 68.8 Å². The Morgan fingerprint density at radius 1 is 0.973 bits per heavy atom. The number of hydrogen-bond acceptors (Lipinski definition) is 3. The van der Waals surface area contributed by atoms with Gasteiger partial charge in [0.05, 0.1) is 23.3 Å². The summed E-state index contributed by atoms with van der Waals surface area (Å²) in [5, 5.41) is 10.1. The van der Waals surface area contributed by atoms with E-state index >= 15 is 0 Å². The van der Waals surface area contributed by atoms with Gasteiger partial charge >= 0.3 is 12.4 Å². The van der Waals surface area contributed by atoms with Crippen LogP contribution in [0.3, 0.4) is 0 Å². The largest absolute Gasteiger partial charge is 0.416 e. The Morgan fingerprint density at radius 2 is 1.54 bits per heavy atom. The van der Waals surface area contributed by atoms with Crippen molar-refractivity contribution in [3.8, 4) is 0 Å². The van der Waals surface area contributed by atoms with E-state index in [0.29, 0.717) is 30.5 Å². The highest BCUT2D eigenvalue weighted by molar-refractivity contribution is 5.83. The lowest BCUT2D eigenvalue weighted by molar-refractivity contribution is -0.143. The summed E-state index contributed by atoms with van der Waals surface area (Å²) in [7, 11) is 1.57. The molecule has 6 atom stereocenters. The van der Waals surface area contributed by atoms with Gasteiger partial charge in [0.2, 0.25) is 0 Å². The number of carbonyl (C=O) groups excluding carboxylic acids is 1. The minimum Gasteiger partial charge on any atom is -0.383 e. The van der Waals surface area contributed by atoms with E-state index in [2.05, 4.69) is 0 Å². The number of likely N-dealkylation sites (tertiary alicyclic amines) is 1. The van der Waals surface area contributed by atoms with Crippen molar-refractivity contribution in [1.82, 2.24) is 4.90 Å². The number of benzene rings is 2. The Bertz CT molecular complexity index is 1100. The van der Waals surface area contributed by atoms with Crippen LogP contribution in [0.2, 0.25) is 0 Å². The molecule has 0 spiro atoms. The maximum absolute atomic E-state index is 13.6. The smallest absolute Gasteiger partial charge is 0.383 e. The lowest BCUT2D eigenvalue weighted by Crippen LogP contribution is -2.38. The number of hydrogen-bond donors (Lipinski definition) is 1. The fourth-order valence-electron chi connectivity index (χ4n) is 5.63. The zero-order chi connectivity index (χ0) is 27.3. The van der Waals surface area contributed by atoms with Crippen LogP contribution in [0.5, 0.6) is 0 Å². The van der Waals surface area contributed by atoms with E-state index in [9.17, 15) is 40.6 Å². The molecule has 37 heavy (non-hydrogen) atoms. The van der Waals surface area contributed by atoms with Crippen LogP contribution in [0.4, 0.5) is 30.7 Å². The standard InChI is InChI=1S/C26H26F7NO3/c1-13(15-9-16(25(28,29)30)11-17(10-15)26(31,32)33)37-22-8-7-19(20-12-21(35)24(36)34(20)2)23(22)14-3-5-18(27)6-4-14/h3-6,9-11,13,19-23,35H,7-8,12H2,1-2H3/t13-,19+,20?,21-,22+,23+/m1/s1. The molecule has 1 unspecified atom stereocenters. The third kappa shape index (κ3) is 5.62. The van der Waals surface area contributed by atoms with Crippen molar-refractivity contribution in [3.05, 3.63) is 70.5 Å². The number of amides is 1. The van der Waals surface area contributed by atoms with Gasteiger partial charge in [-0.05, 0) is 67.1 Å². The van der Waals surface area contributed by atoms with E-state index in [1.807, 2.05) is 0 Å². The van der Waals surface area contributed by atoms with Crippen LogP contribution in [0, 0.1) is 11.7 Å². The molecule has 4 nitrogen and oxygen atoms in total. The van der Waals surface area contributed by atoms with E-state index < -0.39 is 59.4 Å². The highest BCUT2D eigenvalue weighted by Gasteiger charge is 2.49. The van der Waals surface area contributed by atoms with Crippen molar-refractivity contribution in [1.29, 1.82) is 0 Å². The molecule has 1 aliphatic heterocycles. The molecule has 0 radical (unpaired) electrons. The minimum absolute atomic E-state index is 0.0708. The first kappa shape index (κ1) is 27.4. The molecular weight excluding hydrogens is 507 g/mol. The average molecular weight is 533 g/mol. The first-order valence-corrected chi connectivity index (χ1v) is 11.8. The fraction of sp³-hybridized carbons (Fsp3) is 0.500. The van der Waals surface area contributed by atoms with Gasteiger partial charge in [-0.25, -0.2) is 4.39 Å². The van der Waals surface area contributed by atoms with Crippen molar-refractivity contribution in [2.75, 3.05) is 7.05 Å². The number of likely N-dealkylation sites (N-methyl/N-ethyl adjacent to an activating group) is 1. The molecule has 202 valence electrons. The summed E-state index contributed by atoms with van der Waals surface area (Å²) in [6.45, 7) is 1.39. The number of ether oxygens (including phenoxy) is 1. The van der Waals surface area contributed by atoms with Crippen molar-refractivity contribution in [3.63, 3.8) is 0 Å². The van der Waals surface area contributed by atoms with E-state index in [-0.39, 0.29) is 30.0 Å². The number of aliphatic hydroxyl groups excluding tert-OH is 1. The molecule has 2 aromatic carbocycles. The number of aliphatic hydroxyl groups is 1. The second kappa shape index (κ2) is 9.90. The molecule has 1 saturated carbocycles. The van der Waals surface area contributed by atoms with Gasteiger partial charge in [-0.3, -0.25) is 4.79 Å². The zero-order valence-electron chi connectivity index (χ0n) is 20.0. The van der Waals surface area contributed by atoms with Crippen LogP contribution in [0.25, 0.3) is 0 Å². The van der Waals surface area contributed by atoms with Gasteiger partial charge in [-0.2, -0.15) is 26.3 Å². The Balaban J connectivity index is 1.66. The Hall–Kier alpha value is -2.66. The second-order valence-corrected chi connectivity index (χ2v) is 9.74. The van der Waals surface area contributed by atoms with Crippen molar-refractivity contribution >= 4 is 5.91 Å². The van der Waals surface area contributed by atoms with Gasteiger partial charge < -0.3 is 14.7 Å². The molecule has 11 heteroatoms. The van der Waals surface area contributed by atoms with Crippen LogP contribution in [0.15, 0.2) is 42.5 Å². The first-order chi connectivity index (χ1) is 17.2. The minimum atomic E-state index is -4.98. The lowest BCUT2D eigenvalue weighted by Gasteiger charge is -2.33. The molecule has 0 bridgehead atoms. The summed E-state index contributed by atoms with van der Waals surface area (Å²) >= 11 is 0. The second-order valence-electron chi connectivity index (χ2n) is 9.74. The van der Waals surface area contributed by atoms with Crippen LogP contribution in [-0.4, -0.2) is 41.2 Å². The summed E-state index contributed by atoms with van der Waals surface area (Å²) in [6.07, 6.45) is -11.7. The number of carbonyl (C=O) groups is 1. The fourth-order valence-corrected chi connectivity index (χ4v) is 5.63. The van der Waals surface area contributed by atoms with E-state index in [0.717, 1.165) is 0 Å². The summed E-state index contributed by atoms with van der Waals surface area (Å²) in [5.74, 6) is -1.55. The zero-order valence-corrected chi connectivity index (χ0v) is 20.0. The summed E-state index contributed by atoms with van der Waals surface area (Å²) in [6, 6.07) is 6.64. The summed E-state index contributed by atoms with van der Waals surface area (Å²) < 4.78 is 99.9. The molecule has 1 amide bonds. The Labute approximate surface area is 209 Å². The highest BCUT2D eigenvalue weighted by Crippen LogP contribution is 2.48. The van der Waals surface area contributed by atoms with Gasteiger partial charge in [0.25, 0.3) is 5.91 Å². The highest BCUT2D eigenvalue weighted by atomic mass is 19.4. The molecule has 2 fully saturated rings. The third-order valence-electron chi connectivity index (χ3n) is 7.45. The third-order valence-corrected chi connectivity index (χ3v) is 7.45. The van der Waals surface area contributed by atoms with Gasteiger partial charge in [0.15, 0.2) is 0 Å². The topological polar surface area (TPSA) is 49.8 Å². The van der Waals surface area contributed by atoms with Crippen molar-refractivity contribution < 1.29 is 45.4 Å². The van der Waals surface area contributed by atoms with Gasteiger partial charge in [-0.1, -0.05) is 12.1 Å². The summed E-state index contributed by atoms with van der Waals surface area (Å²) in [4.78, 5) is 13.7. The SMILES string of the molecule is C[C@@H](O[C@H]1CC[C@@H](C2C[C@@H](O)C(=O)N2C)[C@@H]1c1ccc(F)cc1)c1cc(C(F)(F)F)cc(C(F)(F)F)c1. The number of rotatable bonds is 5. The Kier molecular flexibility index (Phi) is 7.33. The van der Waals surface area contributed by atoms with Gasteiger partial charge in [-0.15, -0.1) is 0 Å². The van der Waals surface area contributed by atoms with E-state index in [1.54, 1.807) is 19.2 Å². The van der Waals surface area contributed by atoms with Crippen LogP contribution in [0.1, 0.15) is 60.5 Å². The Morgan fingerprint density at radius 3 is 2.03 bits per heavy atom. The molecule has 2 aromatic rings. The van der Waals surface area contributed by atoms with Crippen LogP contribution in [-0.2, 0) is 21.9 Å².